The van der Waals surface area contributed by atoms with Crippen molar-refractivity contribution in [2.45, 2.75) is 71.8 Å². The molecule has 0 aliphatic heterocycles. The molecule has 1 heteroatoms. The molecular weight excluding hydrogens is 218 g/mol. The van der Waals surface area contributed by atoms with Gasteiger partial charge in [0, 0.05) is 12.6 Å². The highest BCUT2D eigenvalue weighted by atomic mass is 15.0. The maximum Gasteiger partial charge on any atom is 0.0175 e. The van der Waals surface area contributed by atoms with Crippen LogP contribution >= 0.6 is 0 Å². The molecule has 0 amide bonds. The van der Waals surface area contributed by atoms with Gasteiger partial charge in [-0.1, -0.05) is 20.8 Å². The van der Waals surface area contributed by atoms with E-state index in [1.807, 2.05) is 0 Å². The molecule has 4 rings (SSSR count). The summed E-state index contributed by atoms with van der Waals surface area (Å²) in [6.07, 6.45) is 10.5. The molecule has 4 aliphatic rings. The highest BCUT2D eigenvalue weighted by Crippen LogP contribution is 2.64. The molecule has 0 heterocycles. The van der Waals surface area contributed by atoms with Crippen molar-refractivity contribution in [3.05, 3.63) is 0 Å². The van der Waals surface area contributed by atoms with Crippen molar-refractivity contribution in [1.82, 2.24) is 5.32 Å². The number of nitrogens with one attached hydrogen (secondary N) is 1. The third kappa shape index (κ3) is 1.49. The third-order valence-electron chi connectivity index (χ3n) is 7.26. The van der Waals surface area contributed by atoms with Gasteiger partial charge in [-0.15, -0.1) is 0 Å². The van der Waals surface area contributed by atoms with Crippen LogP contribution in [0.3, 0.4) is 0 Å². The summed E-state index contributed by atoms with van der Waals surface area (Å²) in [5.74, 6) is 2.08. The van der Waals surface area contributed by atoms with Crippen LogP contribution in [0.15, 0.2) is 0 Å². The Morgan fingerprint density at radius 3 is 2.17 bits per heavy atom. The first-order valence-electron chi connectivity index (χ1n) is 8.20. The fourth-order valence-electron chi connectivity index (χ4n) is 5.70. The van der Waals surface area contributed by atoms with Crippen LogP contribution in [0.4, 0.5) is 0 Å². The lowest BCUT2D eigenvalue weighted by Gasteiger charge is -2.44. The minimum Gasteiger partial charge on any atom is -0.312 e. The Hall–Kier alpha value is -0.0400. The van der Waals surface area contributed by atoms with Gasteiger partial charge in [-0.3, -0.25) is 0 Å². The first-order valence-corrected chi connectivity index (χ1v) is 8.20. The SMILES string of the molecule is CC1(C)C(NCC2(C3CC3)CC2)[C@]2(C)CC[C@H]1C2. The minimum atomic E-state index is 0.534. The van der Waals surface area contributed by atoms with Crippen LogP contribution in [-0.4, -0.2) is 12.6 Å². The second-order valence-electron chi connectivity index (χ2n) is 8.87. The number of hydrogen-bond donors (Lipinski definition) is 1. The molecule has 0 spiro atoms. The summed E-state index contributed by atoms with van der Waals surface area (Å²) in [6, 6.07) is 0.778. The Bertz CT molecular complexity index is 359. The van der Waals surface area contributed by atoms with E-state index in [9.17, 15) is 0 Å². The molecule has 4 fully saturated rings. The van der Waals surface area contributed by atoms with Gasteiger partial charge in [0.25, 0.3) is 0 Å². The van der Waals surface area contributed by atoms with Crippen LogP contribution in [0.5, 0.6) is 0 Å². The van der Waals surface area contributed by atoms with Gasteiger partial charge < -0.3 is 5.32 Å². The fourth-order valence-corrected chi connectivity index (χ4v) is 5.70. The smallest absolute Gasteiger partial charge is 0.0175 e. The molecule has 1 unspecified atom stereocenters. The minimum absolute atomic E-state index is 0.534. The standard InChI is InChI=1S/C17H29N/c1-15(2)13-6-7-16(3,10-13)14(15)18-11-17(8-9-17)12-4-5-12/h12-14,18H,4-11H2,1-3H3/t13-,14?,16+/m0/s1. The average Bonchev–Trinajstić information content (AvgIpc) is 3.16. The van der Waals surface area contributed by atoms with Crippen molar-refractivity contribution in [3.63, 3.8) is 0 Å². The van der Waals surface area contributed by atoms with E-state index >= 15 is 0 Å². The third-order valence-corrected chi connectivity index (χ3v) is 7.26. The van der Waals surface area contributed by atoms with Crippen LogP contribution in [0.1, 0.15) is 65.7 Å². The van der Waals surface area contributed by atoms with Crippen molar-refractivity contribution in [2.24, 2.45) is 28.1 Å². The summed E-state index contributed by atoms with van der Waals surface area (Å²) >= 11 is 0. The maximum absolute atomic E-state index is 4.07. The Morgan fingerprint density at radius 2 is 1.67 bits per heavy atom. The van der Waals surface area contributed by atoms with Gasteiger partial charge in [0.1, 0.15) is 0 Å². The molecule has 0 radical (unpaired) electrons. The molecule has 0 aromatic carbocycles. The van der Waals surface area contributed by atoms with Gasteiger partial charge in [0.05, 0.1) is 0 Å². The van der Waals surface area contributed by atoms with Crippen LogP contribution in [-0.2, 0) is 0 Å². The average molecular weight is 247 g/mol. The lowest BCUT2D eigenvalue weighted by Crippen LogP contribution is -2.51. The molecule has 0 aromatic rings. The summed E-state index contributed by atoms with van der Waals surface area (Å²) < 4.78 is 0. The van der Waals surface area contributed by atoms with Gasteiger partial charge in [-0.05, 0) is 73.0 Å². The maximum atomic E-state index is 4.07. The van der Waals surface area contributed by atoms with Crippen molar-refractivity contribution in [1.29, 1.82) is 0 Å². The van der Waals surface area contributed by atoms with Crippen molar-refractivity contribution in [2.75, 3.05) is 6.54 Å². The molecule has 18 heavy (non-hydrogen) atoms. The number of fused-ring (bicyclic) bond motifs is 2. The Labute approximate surface area is 112 Å². The quantitative estimate of drug-likeness (QED) is 0.792. The van der Waals surface area contributed by atoms with E-state index in [2.05, 4.69) is 26.1 Å². The highest BCUT2D eigenvalue weighted by molar-refractivity contribution is 5.13. The van der Waals surface area contributed by atoms with Gasteiger partial charge in [0.2, 0.25) is 0 Å². The molecular formula is C17H29N. The van der Waals surface area contributed by atoms with E-state index < -0.39 is 0 Å². The Morgan fingerprint density at radius 1 is 0.944 bits per heavy atom. The van der Waals surface area contributed by atoms with E-state index in [4.69, 9.17) is 0 Å². The topological polar surface area (TPSA) is 12.0 Å². The summed E-state index contributed by atoms with van der Waals surface area (Å²) in [5, 5.41) is 4.07. The molecule has 0 saturated heterocycles. The first kappa shape index (κ1) is 11.8. The zero-order chi connectivity index (χ0) is 12.6. The van der Waals surface area contributed by atoms with Crippen molar-refractivity contribution >= 4 is 0 Å². The molecule has 0 aromatic heterocycles. The summed E-state index contributed by atoms with van der Waals surface area (Å²) in [6.45, 7) is 8.93. The lowest BCUT2D eigenvalue weighted by atomic mass is 9.68. The molecule has 2 bridgehead atoms. The summed E-state index contributed by atoms with van der Waals surface area (Å²) in [4.78, 5) is 0. The van der Waals surface area contributed by atoms with Crippen LogP contribution in [0, 0.1) is 28.1 Å². The largest absolute Gasteiger partial charge is 0.312 e. The predicted molar refractivity (Wildman–Crippen MR) is 75.4 cm³/mol. The zero-order valence-corrected chi connectivity index (χ0v) is 12.4. The van der Waals surface area contributed by atoms with Crippen LogP contribution in [0.2, 0.25) is 0 Å². The number of hydrogen-bond acceptors (Lipinski definition) is 1. The molecule has 1 nitrogen and oxygen atoms in total. The first-order chi connectivity index (χ1) is 8.46. The second kappa shape index (κ2) is 3.34. The normalized spacial score (nSPS) is 47.5. The van der Waals surface area contributed by atoms with Gasteiger partial charge >= 0.3 is 0 Å². The van der Waals surface area contributed by atoms with E-state index in [0.717, 1.165) is 23.3 Å². The van der Waals surface area contributed by atoms with E-state index in [0.29, 0.717) is 10.8 Å². The fraction of sp³-hybridized carbons (Fsp3) is 1.00. The Balaban J connectivity index is 1.47. The molecule has 1 N–H and O–H groups in total. The summed E-state index contributed by atoms with van der Waals surface area (Å²) in [7, 11) is 0. The van der Waals surface area contributed by atoms with Gasteiger partial charge in [-0.25, -0.2) is 0 Å². The predicted octanol–water partition coefficient (Wildman–Crippen LogP) is 3.98. The molecule has 102 valence electrons. The van der Waals surface area contributed by atoms with Crippen molar-refractivity contribution < 1.29 is 0 Å². The molecule has 4 saturated carbocycles. The second-order valence-corrected chi connectivity index (χ2v) is 8.87. The lowest BCUT2D eigenvalue weighted by molar-refractivity contribution is 0.102. The van der Waals surface area contributed by atoms with Crippen LogP contribution in [0.25, 0.3) is 0 Å². The van der Waals surface area contributed by atoms with E-state index in [1.54, 1.807) is 0 Å². The van der Waals surface area contributed by atoms with Gasteiger partial charge in [0.15, 0.2) is 0 Å². The van der Waals surface area contributed by atoms with E-state index in [-0.39, 0.29) is 0 Å². The number of rotatable bonds is 4. The van der Waals surface area contributed by atoms with E-state index in [1.165, 1.54) is 51.5 Å². The molecule has 3 atom stereocenters. The zero-order valence-electron chi connectivity index (χ0n) is 12.4. The van der Waals surface area contributed by atoms with Gasteiger partial charge in [-0.2, -0.15) is 0 Å². The highest BCUT2D eigenvalue weighted by Gasteiger charge is 2.60. The summed E-state index contributed by atoms with van der Waals surface area (Å²) in [5.41, 5.74) is 1.90. The Kier molecular flexibility index (Phi) is 2.18. The van der Waals surface area contributed by atoms with Crippen molar-refractivity contribution in [3.8, 4) is 0 Å². The van der Waals surface area contributed by atoms with Crippen LogP contribution < -0.4 is 5.32 Å². The monoisotopic (exact) mass is 247 g/mol. The molecule has 4 aliphatic carbocycles.